The minimum absolute atomic E-state index is 0. The number of rotatable bonds is 9. The van der Waals surface area contributed by atoms with Crippen LogP contribution in [0, 0.1) is 18.1 Å². The molecule has 8 aromatic rings. The zero-order valence-electron chi connectivity index (χ0n) is 35.9. The molecule has 0 spiro atoms. The van der Waals surface area contributed by atoms with Gasteiger partial charge in [0.15, 0.2) is 0 Å². The Balaban J connectivity index is 0.000000230. The molecule has 0 fully saturated rings. The Morgan fingerprint density at radius 1 is 0.741 bits per heavy atom. The zero-order chi connectivity index (χ0) is 40.6. The van der Waals surface area contributed by atoms with Gasteiger partial charge in [-0.25, -0.2) is 4.98 Å². The van der Waals surface area contributed by atoms with Crippen LogP contribution in [-0.4, -0.2) is 32.8 Å². The SMILES string of the molecule is CC(C)Cc1cc(-c2[c-]cccc2)nc[c]1[Ge]([CH3])([CH3])[CH3].CC(C)c1cccc(C(C)C)c1-n1c(-c2[c-]cc(C(C)C)c3c2oc2ncccc23)nc2ccccc21.[Ir]. The fourth-order valence-electron chi connectivity index (χ4n) is 7.98. The van der Waals surface area contributed by atoms with Crippen LogP contribution in [-0.2, 0) is 26.5 Å². The van der Waals surface area contributed by atoms with Gasteiger partial charge in [0.1, 0.15) is 0 Å². The van der Waals surface area contributed by atoms with Crippen LogP contribution in [0.2, 0.25) is 17.3 Å². The van der Waals surface area contributed by atoms with Gasteiger partial charge in [-0.15, -0.1) is 17.7 Å². The van der Waals surface area contributed by atoms with E-state index in [1.165, 1.54) is 27.9 Å². The van der Waals surface area contributed by atoms with Crippen molar-refractivity contribution in [3.8, 4) is 28.3 Å². The summed E-state index contributed by atoms with van der Waals surface area (Å²) in [6.07, 6.45) is 5.06. The van der Waals surface area contributed by atoms with Crippen LogP contribution >= 0.6 is 0 Å². The summed E-state index contributed by atoms with van der Waals surface area (Å²) in [6.45, 7) is 18.0. The molecule has 8 rings (SSSR count). The number of hydrogen-bond acceptors (Lipinski definition) is 4. The van der Waals surface area contributed by atoms with Gasteiger partial charge in [-0.2, -0.15) is 0 Å². The second kappa shape index (κ2) is 17.9. The van der Waals surface area contributed by atoms with Gasteiger partial charge in [-0.05, 0) is 47.2 Å². The molecular formula is C51H56GeIrN4O-2. The van der Waals surface area contributed by atoms with Gasteiger partial charge >= 0.3 is 126 Å². The first kappa shape index (κ1) is 43.2. The van der Waals surface area contributed by atoms with Gasteiger partial charge in [0.05, 0.1) is 22.4 Å². The molecule has 0 unspecified atom stereocenters. The number of nitrogens with zero attached hydrogens (tertiary/aromatic N) is 4. The molecular weight excluding hydrogens is 949 g/mol. The Hall–Kier alpha value is -4.36. The molecule has 7 heteroatoms. The maximum Gasteiger partial charge on any atom is 0.216 e. The number of pyridine rings is 2. The maximum atomic E-state index is 6.48. The summed E-state index contributed by atoms with van der Waals surface area (Å²) in [7, 11) is 0. The normalized spacial score (nSPS) is 11.9. The van der Waals surface area contributed by atoms with Crippen molar-refractivity contribution in [3.63, 3.8) is 0 Å². The second-order valence-electron chi connectivity index (χ2n) is 17.6. The monoisotopic (exact) mass is 1010 g/mol. The van der Waals surface area contributed by atoms with Crippen LogP contribution in [0.4, 0.5) is 0 Å². The van der Waals surface area contributed by atoms with Crippen molar-refractivity contribution in [3.05, 3.63) is 138 Å². The van der Waals surface area contributed by atoms with Gasteiger partial charge in [-0.1, -0.05) is 88.7 Å². The van der Waals surface area contributed by atoms with E-state index >= 15 is 0 Å². The molecule has 4 aromatic carbocycles. The molecule has 0 saturated carbocycles. The molecule has 0 N–H and O–H groups in total. The van der Waals surface area contributed by atoms with Gasteiger partial charge in [0.25, 0.3) is 0 Å². The maximum absolute atomic E-state index is 6.48. The number of benzene rings is 4. The Morgan fingerprint density at radius 2 is 1.43 bits per heavy atom. The topological polar surface area (TPSA) is 56.7 Å². The number of furan rings is 1. The summed E-state index contributed by atoms with van der Waals surface area (Å²) < 4.78 is 10.3. The molecule has 0 saturated heterocycles. The van der Waals surface area contributed by atoms with E-state index < -0.39 is 13.3 Å². The molecule has 0 amide bonds. The van der Waals surface area contributed by atoms with E-state index in [1.54, 1.807) is 10.6 Å². The predicted molar refractivity (Wildman–Crippen MR) is 243 cm³/mol. The average Bonchev–Trinajstić information content (AvgIpc) is 3.76. The summed E-state index contributed by atoms with van der Waals surface area (Å²) >= 11 is -1.86. The van der Waals surface area contributed by atoms with Crippen LogP contribution in [0.1, 0.15) is 95.4 Å². The first-order valence-electron chi connectivity index (χ1n) is 20.5. The van der Waals surface area contributed by atoms with Gasteiger partial charge in [0.2, 0.25) is 5.71 Å². The third-order valence-electron chi connectivity index (χ3n) is 10.7. The van der Waals surface area contributed by atoms with Crippen molar-refractivity contribution in [1.29, 1.82) is 0 Å². The zero-order valence-corrected chi connectivity index (χ0v) is 40.4. The van der Waals surface area contributed by atoms with Crippen molar-refractivity contribution in [2.24, 2.45) is 5.92 Å². The third-order valence-corrected chi connectivity index (χ3v) is 15.1. The van der Waals surface area contributed by atoms with Gasteiger partial charge < -0.3 is 8.98 Å². The second-order valence-corrected chi connectivity index (χ2v) is 28.2. The van der Waals surface area contributed by atoms with E-state index in [9.17, 15) is 0 Å². The molecule has 0 bridgehead atoms. The Bertz CT molecular complexity index is 2640. The molecule has 0 aliphatic heterocycles. The minimum atomic E-state index is -1.86. The molecule has 5 nitrogen and oxygen atoms in total. The fourth-order valence-corrected chi connectivity index (χ4v) is 11.3. The van der Waals surface area contributed by atoms with Crippen molar-refractivity contribution >= 4 is 50.8 Å². The van der Waals surface area contributed by atoms with Crippen molar-refractivity contribution in [1.82, 2.24) is 19.5 Å². The Kier molecular flexibility index (Phi) is 13.3. The van der Waals surface area contributed by atoms with Crippen LogP contribution < -0.4 is 4.40 Å². The molecule has 4 heterocycles. The number of fused-ring (bicyclic) bond motifs is 4. The number of imidazole rings is 1. The van der Waals surface area contributed by atoms with E-state index in [1.807, 2.05) is 30.3 Å². The van der Waals surface area contributed by atoms with E-state index in [0.717, 1.165) is 56.5 Å². The van der Waals surface area contributed by atoms with Crippen molar-refractivity contribution in [2.45, 2.75) is 96.8 Å². The number of para-hydroxylation sites is 3. The van der Waals surface area contributed by atoms with E-state index in [4.69, 9.17) is 14.4 Å². The third kappa shape index (κ3) is 8.66. The average molecular weight is 1010 g/mol. The van der Waals surface area contributed by atoms with Crippen molar-refractivity contribution in [2.75, 3.05) is 0 Å². The van der Waals surface area contributed by atoms with Crippen LogP contribution in [0.5, 0.6) is 0 Å². The molecule has 0 aliphatic rings. The Labute approximate surface area is 361 Å². The summed E-state index contributed by atoms with van der Waals surface area (Å²) in [5.41, 5.74) is 13.0. The molecule has 1 radical (unpaired) electrons. The number of aromatic nitrogens is 4. The summed E-state index contributed by atoms with van der Waals surface area (Å²) in [6, 6.07) is 38.5. The molecule has 0 aliphatic carbocycles. The van der Waals surface area contributed by atoms with E-state index in [-0.39, 0.29) is 20.1 Å². The molecule has 58 heavy (non-hydrogen) atoms. The van der Waals surface area contributed by atoms with Crippen molar-refractivity contribution < 1.29 is 24.5 Å². The minimum Gasteiger partial charge on any atom is -0.486 e. The smallest absolute Gasteiger partial charge is 0.216 e. The van der Waals surface area contributed by atoms with Gasteiger partial charge in [-0.3, -0.25) is 4.98 Å². The first-order chi connectivity index (χ1) is 27.2. The summed E-state index contributed by atoms with van der Waals surface area (Å²) in [5, 5.41) is 2.14. The predicted octanol–water partition coefficient (Wildman–Crippen LogP) is 13.4. The molecule has 4 aromatic heterocycles. The first-order valence-corrected chi connectivity index (χ1v) is 27.9. The fraction of sp³-hybridized carbons (Fsp3) is 0.314. The van der Waals surface area contributed by atoms with Crippen LogP contribution in [0.15, 0.2) is 108 Å². The number of hydrogen-bond donors (Lipinski definition) is 0. The largest absolute Gasteiger partial charge is 0.486 e. The summed E-state index contributed by atoms with van der Waals surface area (Å²) in [4.78, 5) is 14.4. The summed E-state index contributed by atoms with van der Waals surface area (Å²) in [5.74, 6) is 9.86. The quantitative estimate of drug-likeness (QED) is 0.107. The van der Waals surface area contributed by atoms with Gasteiger partial charge in [0, 0.05) is 37.4 Å². The molecule has 0 atom stereocenters. The standard InChI is InChI=1S/C33H32N3O.C18H24GeN.Ir/c1-19(2)22-16-17-26(31-29(22)25-13-10-18-34-33(25)37-31)32-35-27-14-7-8-15-28(27)36(32)30-23(20(3)4)11-9-12-24(30)21(5)6;1-14(2)11-16-12-18(15-9-7-6-8-10-15)20-13-17(16)19(3,4)5;/h7-16,18-21H,1-6H3;6-9,12-14H,11H2,1-5H3;/q2*-1;. The van der Waals surface area contributed by atoms with Crippen LogP contribution in [0.3, 0.4) is 0 Å². The Morgan fingerprint density at radius 3 is 2.07 bits per heavy atom. The molecule has 301 valence electrons. The van der Waals surface area contributed by atoms with E-state index in [0.29, 0.717) is 29.4 Å². The van der Waals surface area contributed by atoms with Crippen LogP contribution in [0.25, 0.3) is 61.4 Å². The van der Waals surface area contributed by atoms with E-state index in [2.05, 4.69) is 161 Å².